The van der Waals surface area contributed by atoms with Gasteiger partial charge >= 0.3 is 0 Å². The molecular weight excluding hydrogens is 286 g/mol. The Morgan fingerprint density at radius 1 is 1.43 bits per heavy atom. The molecule has 1 aliphatic heterocycles. The summed E-state index contributed by atoms with van der Waals surface area (Å²) in [6.07, 6.45) is 2.13. The van der Waals surface area contributed by atoms with Crippen LogP contribution in [-0.2, 0) is 10.0 Å². The molecule has 1 aliphatic rings. The molecule has 2 rings (SSSR count). The highest BCUT2D eigenvalue weighted by atomic mass is 32.2. The van der Waals surface area contributed by atoms with E-state index in [1.807, 2.05) is 6.07 Å². The van der Waals surface area contributed by atoms with E-state index >= 15 is 0 Å². The van der Waals surface area contributed by atoms with Crippen molar-refractivity contribution in [2.75, 3.05) is 26.7 Å². The quantitative estimate of drug-likeness (QED) is 0.830. The Morgan fingerprint density at radius 3 is 2.81 bits per heavy atom. The van der Waals surface area contributed by atoms with Crippen LogP contribution < -0.4 is 0 Å². The Labute approximate surface area is 126 Å². The van der Waals surface area contributed by atoms with Crippen LogP contribution in [0.3, 0.4) is 0 Å². The van der Waals surface area contributed by atoms with Crippen molar-refractivity contribution in [2.24, 2.45) is 0 Å². The lowest BCUT2D eigenvalue weighted by Gasteiger charge is -2.27. The van der Waals surface area contributed by atoms with Gasteiger partial charge < -0.3 is 0 Å². The van der Waals surface area contributed by atoms with Crippen LogP contribution in [0.25, 0.3) is 0 Å². The third kappa shape index (κ3) is 3.26. The molecule has 1 aromatic carbocycles. The first-order valence-electron chi connectivity index (χ1n) is 7.20. The fraction of sp³-hybridized carbons (Fsp3) is 0.533. The molecule has 1 fully saturated rings. The molecule has 0 bridgehead atoms. The van der Waals surface area contributed by atoms with Crippen LogP contribution in [0.1, 0.15) is 25.3 Å². The van der Waals surface area contributed by atoms with E-state index in [2.05, 4.69) is 11.8 Å². The maximum absolute atomic E-state index is 12.7. The first-order chi connectivity index (χ1) is 10.0. The molecule has 21 heavy (non-hydrogen) atoms. The number of likely N-dealkylation sites (tertiary alicyclic amines) is 1. The third-order valence-electron chi connectivity index (χ3n) is 4.07. The lowest BCUT2D eigenvalue weighted by molar-refractivity contribution is 0.237. The second-order valence-electron chi connectivity index (χ2n) is 5.32. The van der Waals surface area contributed by atoms with E-state index in [1.54, 1.807) is 19.2 Å². The van der Waals surface area contributed by atoms with Gasteiger partial charge in [-0.25, -0.2) is 8.42 Å². The van der Waals surface area contributed by atoms with Crippen LogP contribution >= 0.6 is 0 Å². The molecule has 1 unspecified atom stereocenters. The fourth-order valence-corrected chi connectivity index (χ4v) is 4.21. The maximum atomic E-state index is 12.7. The summed E-state index contributed by atoms with van der Waals surface area (Å²) in [6.45, 7) is 4.53. The van der Waals surface area contributed by atoms with E-state index in [-0.39, 0.29) is 16.5 Å². The number of sulfonamides is 1. The number of hydrogen-bond donors (Lipinski definition) is 0. The van der Waals surface area contributed by atoms with Gasteiger partial charge in [0.2, 0.25) is 10.0 Å². The number of nitriles is 1. The average molecular weight is 307 g/mol. The Hall–Kier alpha value is -1.42. The van der Waals surface area contributed by atoms with Gasteiger partial charge in [0.1, 0.15) is 6.07 Å². The maximum Gasteiger partial charge on any atom is 0.244 e. The van der Waals surface area contributed by atoms with Gasteiger partial charge in [0.05, 0.1) is 10.5 Å². The second kappa shape index (κ2) is 6.56. The van der Waals surface area contributed by atoms with Crippen molar-refractivity contribution in [3.05, 3.63) is 29.8 Å². The molecule has 1 saturated heterocycles. The molecule has 0 N–H and O–H groups in total. The fourth-order valence-electron chi connectivity index (χ4n) is 2.86. The normalized spacial score (nSPS) is 19.8. The van der Waals surface area contributed by atoms with E-state index < -0.39 is 10.0 Å². The van der Waals surface area contributed by atoms with Gasteiger partial charge in [-0.1, -0.05) is 19.1 Å². The van der Waals surface area contributed by atoms with Crippen LogP contribution in [0, 0.1) is 11.3 Å². The van der Waals surface area contributed by atoms with Crippen molar-refractivity contribution in [1.29, 1.82) is 5.26 Å². The Balaban J connectivity index is 2.21. The number of nitrogens with zero attached hydrogens (tertiary/aromatic N) is 3. The molecule has 0 spiro atoms. The van der Waals surface area contributed by atoms with Crippen molar-refractivity contribution in [3.63, 3.8) is 0 Å². The summed E-state index contributed by atoms with van der Waals surface area (Å²) in [5.74, 6) is 0. The van der Waals surface area contributed by atoms with E-state index in [4.69, 9.17) is 5.26 Å². The zero-order valence-electron chi connectivity index (χ0n) is 12.5. The molecule has 0 aromatic heterocycles. The van der Waals surface area contributed by atoms with E-state index in [0.29, 0.717) is 6.54 Å². The molecule has 1 atom stereocenters. The minimum absolute atomic E-state index is 0.0936. The molecular formula is C15H21N3O2S. The van der Waals surface area contributed by atoms with Crippen LogP contribution in [0.2, 0.25) is 0 Å². The highest BCUT2D eigenvalue weighted by Gasteiger charge is 2.30. The van der Waals surface area contributed by atoms with Crippen LogP contribution in [0.5, 0.6) is 0 Å². The van der Waals surface area contributed by atoms with Gasteiger partial charge in [-0.2, -0.15) is 9.57 Å². The van der Waals surface area contributed by atoms with Gasteiger partial charge in [-0.05, 0) is 38.1 Å². The smallest absolute Gasteiger partial charge is 0.244 e. The van der Waals surface area contributed by atoms with Crippen molar-refractivity contribution in [1.82, 2.24) is 9.21 Å². The van der Waals surface area contributed by atoms with E-state index in [1.165, 1.54) is 16.4 Å². The summed E-state index contributed by atoms with van der Waals surface area (Å²) >= 11 is 0. The molecule has 0 radical (unpaired) electrons. The van der Waals surface area contributed by atoms with Crippen LogP contribution in [0.4, 0.5) is 0 Å². The highest BCUT2D eigenvalue weighted by molar-refractivity contribution is 7.89. The third-order valence-corrected chi connectivity index (χ3v) is 5.95. The minimum atomic E-state index is -3.62. The van der Waals surface area contributed by atoms with Crippen molar-refractivity contribution >= 4 is 10.0 Å². The van der Waals surface area contributed by atoms with E-state index in [9.17, 15) is 8.42 Å². The largest absolute Gasteiger partial charge is 0.299 e. The molecule has 1 aromatic rings. The average Bonchev–Trinajstić information content (AvgIpc) is 2.94. The van der Waals surface area contributed by atoms with Gasteiger partial charge in [0, 0.05) is 19.6 Å². The Kier molecular flexibility index (Phi) is 4.99. The number of likely N-dealkylation sites (N-methyl/N-ethyl adjacent to an activating group) is 2. The molecule has 114 valence electrons. The lowest BCUT2D eigenvalue weighted by Crippen LogP contribution is -2.41. The second-order valence-corrected chi connectivity index (χ2v) is 7.33. The summed E-state index contributed by atoms with van der Waals surface area (Å²) in [7, 11) is -2.02. The van der Waals surface area contributed by atoms with E-state index in [0.717, 1.165) is 25.9 Å². The topological polar surface area (TPSA) is 64.4 Å². The Morgan fingerprint density at radius 2 is 2.14 bits per heavy atom. The van der Waals surface area contributed by atoms with Gasteiger partial charge in [0.25, 0.3) is 0 Å². The number of hydrogen-bond acceptors (Lipinski definition) is 4. The zero-order chi connectivity index (χ0) is 15.5. The van der Waals surface area contributed by atoms with Crippen molar-refractivity contribution in [3.8, 4) is 6.07 Å². The minimum Gasteiger partial charge on any atom is -0.299 e. The first-order valence-corrected chi connectivity index (χ1v) is 8.64. The number of rotatable bonds is 5. The molecule has 5 nitrogen and oxygen atoms in total. The summed E-state index contributed by atoms with van der Waals surface area (Å²) in [4.78, 5) is 2.40. The van der Waals surface area contributed by atoms with Gasteiger partial charge in [-0.15, -0.1) is 0 Å². The summed E-state index contributed by atoms with van der Waals surface area (Å²) in [5.41, 5.74) is 0.197. The zero-order valence-corrected chi connectivity index (χ0v) is 13.3. The summed E-state index contributed by atoms with van der Waals surface area (Å²) in [5, 5.41) is 9.09. The molecule has 0 amide bonds. The molecule has 0 aliphatic carbocycles. The predicted octanol–water partition coefficient (Wildman–Crippen LogP) is 1.66. The Bertz CT molecular complexity index is 637. The predicted molar refractivity (Wildman–Crippen MR) is 81.2 cm³/mol. The van der Waals surface area contributed by atoms with Crippen molar-refractivity contribution in [2.45, 2.75) is 30.7 Å². The highest BCUT2D eigenvalue weighted by Crippen LogP contribution is 2.22. The first kappa shape index (κ1) is 16.0. The summed E-state index contributed by atoms with van der Waals surface area (Å²) in [6, 6.07) is 8.58. The number of benzene rings is 1. The van der Waals surface area contributed by atoms with Gasteiger partial charge in [-0.3, -0.25) is 4.90 Å². The molecule has 0 saturated carbocycles. The lowest BCUT2D eigenvalue weighted by atomic mass is 10.2. The summed E-state index contributed by atoms with van der Waals surface area (Å²) < 4.78 is 26.7. The SMILES string of the molecule is CCN1CCCC1CN(C)S(=O)(=O)c1ccccc1C#N. The van der Waals surface area contributed by atoms with Crippen molar-refractivity contribution < 1.29 is 8.42 Å². The monoisotopic (exact) mass is 307 g/mol. The van der Waals surface area contributed by atoms with Crippen LogP contribution in [0.15, 0.2) is 29.2 Å². The molecule has 1 heterocycles. The standard InChI is InChI=1S/C15H21N3O2S/c1-3-18-10-6-8-14(18)12-17(2)21(19,20)15-9-5-4-7-13(15)11-16/h4-5,7,9,14H,3,6,8,10,12H2,1-2H3. The van der Waals surface area contributed by atoms with Gasteiger partial charge in [0.15, 0.2) is 0 Å². The van der Waals surface area contributed by atoms with Crippen LogP contribution in [-0.4, -0.2) is 50.3 Å². The molecule has 6 heteroatoms.